The molecular formula is C99H132F4N20O12S4. The third-order valence-electron chi connectivity index (χ3n) is 27.3. The average Bonchev–Trinajstić information content (AvgIpc) is 1.60. The summed E-state index contributed by atoms with van der Waals surface area (Å²) in [6, 6.07) is 6.94. The van der Waals surface area contributed by atoms with Crippen LogP contribution in [0.15, 0.2) is 49.1 Å². The van der Waals surface area contributed by atoms with E-state index >= 15 is 0 Å². The summed E-state index contributed by atoms with van der Waals surface area (Å²) in [6.45, 7) is 31.5. The fraction of sp³-hybridized carbons (Fsp3) is 0.596. The predicted molar refractivity (Wildman–Crippen MR) is 531 cm³/mol. The number of rotatable bonds is 26. The van der Waals surface area contributed by atoms with Crippen LogP contribution in [0, 0.1) is 13.8 Å². The number of likely N-dealkylation sites (tertiary alicyclic amines) is 3. The summed E-state index contributed by atoms with van der Waals surface area (Å²) in [5.74, 6) is -0.450. The number of aliphatic hydroxyl groups is 4. The van der Waals surface area contributed by atoms with Crippen LogP contribution in [-0.2, 0) is 0 Å². The van der Waals surface area contributed by atoms with Gasteiger partial charge in [0.2, 0.25) is 0 Å². The highest BCUT2D eigenvalue weighted by Gasteiger charge is 2.46. The van der Waals surface area contributed by atoms with Crippen molar-refractivity contribution < 1.29 is 76.3 Å². The Labute approximate surface area is 824 Å². The third kappa shape index (κ3) is 25.0. The molecule has 40 heteroatoms. The van der Waals surface area contributed by atoms with Gasteiger partial charge >= 0.3 is 0 Å². The van der Waals surface area contributed by atoms with Crippen molar-refractivity contribution in [1.82, 2.24) is 80.7 Å². The molecule has 32 nitrogen and oxygen atoms in total. The standard InChI is InChI=1S/C26H35N5O3S.C25H35N5O3S.2C24H31F2N5O3S/c1-4-15(3)28-21-12-14(2)18(13-27-21)23-22(26(34)31-16-8-9-17(31)11-10-16)30-25(35-23)24(33)29-19-6-5-7-20(19)32;1-5-15(3)27-20-11-14(2)19(13-26-20)22-21(25(33)30-10-6-7-16(30)4)29-24(34-22)23(32)28-17-8-9-18(31)12-17;1-12-6-5-9-31(12)23(34)18-19(35-22(29-18)21(33)28-15-7-8-16(15)32)14-11-27-17(30-24(2,3)4)10-13(14)20(25)26;1-12-6-5-7-31(12)23(34)18-19(35-22(29-18)21(33)28-13-8-14(32)9-13)16-11-27-17(30-24(2,3)4)10-15(16)20(25)26/h12-13,15-17,19-20,32H,4-11H2,1-3H3,(H,27,28)(H,29,33);11,13,15-18,31H,5-10,12H2,1-4H3,(H,26,27)(H,28,32);10-12,15-16,20,32H,5-9H2,1-4H3,(H,27,30)(H,28,33);10-14,20,32H,5-9H2,1-4H3,(H,27,30)(H,28,33)/t15-,16?,17?,19-,20-;15-,16+,17-,18-;12-,15-,16-;12-,13?,14?/m1100/s1. The van der Waals surface area contributed by atoms with Crippen molar-refractivity contribution in [2.75, 3.05) is 40.9 Å². The molecule has 4 aliphatic carbocycles. The molecule has 8 aromatic rings. The van der Waals surface area contributed by atoms with E-state index in [9.17, 15) is 76.3 Å². The lowest BCUT2D eigenvalue weighted by molar-refractivity contribution is 0.0447. The van der Waals surface area contributed by atoms with E-state index < -0.39 is 43.0 Å². The van der Waals surface area contributed by atoms with Gasteiger partial charge in [-0.3, -0.25) is 38.4 Å². The lowest BCUT2D eigenvalue weighted by atomic mass is 9.89. The monoisotopic (exact) mass is 2000 g/mol. The van der Waals surface area contributed by atoms with Gasteiger partial charge < -0.3 is 82.6 Å². The molecule has 5 aliphatic heterocycles. The van der Waals surface area contributed by atoms with Crippen molar-refractivity contribution in [2.24, 2.45) is 0 Å². The van der Waals surface area contributed by atoms with Crippen LogP contribution in [-0.4, -0.2) is 249 Å². The molecular weight excluding hydrogens is 1870 g/mol. The van der Waals surface area contributed by atoms with Crippen LogP contribution in [0.3, 0.4) is 0 Å². The molecule has 0 radical (unpaired) electrons. The Morgan fingerprint density at radius 2 is 0.755 bits per heavy atom. The molecule has 8 amide bonds. The highest BCUT2D eigenvalue weighted by Crippen LogP contribution is 2.46. The molecule has 17 rings (SSSR count). The first-order valence-corrected chi connectivity index (χ1v) is 52.1. The number of anilines is 4. The number of amides is 8. The number of nitrogens with zero attached hydrogens (tertiary/aromatic N) is 12. The first kappa shape index (κ1) is 104. The largest absolute Gasteiger partial charge is 0.393 e. The Morgan fingerprint density at radius 1 is 0.410 bits per heavy atom. The van der Waals surface area contributed by atoms with Gasteiger partial charge in [-0.2, -0.15) is 0 Å². The minimum absolute atomic E-state index is 0.00292. The van der Waals surface area contributed by atoms with Crippen molar-refractivity contribution >= 4 is 116 Å². The van der Waals surface area contributed by atoms with Gasteiger partial charge in [-0.1, -0.05) is 13.8 Å². The molecule has 2 bridgehead atoms. The zero-order valence-electron chi connectivity index (χ0n) is 81.7. The number of thiazole rings is 4. The van der Waals surface area contributed by atoms with Gasteiger partial charge in [0, 0.05) is 143 Å². The van der Waals surface area contributed by atoms with Crippen molar-refractivity contribution in [3.8, 4) is 41.8 Å². The van der Waals surface area contributed by atoms with Crippen molar-refractivity contribution in [3.63, 3.8) is 0 Å². The Kier molecular flexibility index (Phi) is 33.7. The number of halogens is 4. The zero-order valence-corrected chi connectivity index (χ0v) is 84.9. The number of nitrogens with one attached hydrogen (secondary N) is 8. The zero-order chi connectivity index (χ0) is 100. The summed E-state index contributed by atoms with van der Waals surface area (Å²) in [5, 5.41) is 64.2. The van der Waals surface area contributed by atoms with Crippen LogP contribution in [0.1, 0.15) is 348 Å². The molecule has 139 heavy (non-hydrogen) atoms. The van der Waals surface area contributed by atoms with Gasteiger partial charge in [0.1, 0.15) is 46.0 Å². The number of hydrogen-bond acceptors (Lipinski definition) is 28. The van der Waals surface area contributed by atoms with E-state index in [1.54, 1.807) is 22.2 Å². The number of pyridine rings is 4. The van der Waals surface area contributed by atoms with Crippen LogP contribution in [0.2, 0.25) is 0 Å². The predicted octanol–water partition coefficient (Wildman–Crippen LogP) is 16.6. The first-order valence-electron chi connectivity index (χ1n) is 48.8. The minimum Gasteiger partial charge on any atom is -0.393 e. The van der Waals surface area contributed by atoms with E-state index in [4.69, 9.17) is 0 Å². The van der Waals surface area contributed by atoms with Crippen molar-refractivity contribution in [2.45, 2.75) is 360 Å². The van der Waals surface area contributed by atoms with E-state index in [0.29, 0.717) is 109 Å². The molecule has 11 atom stereocenters. The number of carbonyl (C=O) groups excluding carboxylic acids is 8. The van der Waals surface area contributed by atoms with Gasteiger partial charge in [0.25, 0.3) is 60.1 Å². The number of aliphatic hydroxyl groups excluding tert-OH is 4. The summed E-state index contributed by atoms with van der Waals surface area (Å²) < 4.78 is 56.7. The van der Waals surface area contributed by atoms with Gasteiger partial charge in [-0.15, -0.1) is 45.3 Å². The molecule has 0 unspecified atom stereocenters. The fourth-order valence-electron chi connectivity index (χ4n) is 19.0. The van der Waals surface area contributed by atoms with Crippen molar-refractivity contribution in [1.29, 1.82) is 0 Å². The first-order chi connectivity index (χ1) is 66.0. The maximum Gasteiger partial charge on any atom is 0.280 e. The molecule has 9 aliphatic rings. The smallest absolute Gasteiger partial charge is 0.280 e. The quantitative estimate of drug-likeness (QED) is 0.0224. The molecule has 0 aromatic carbocycles. The number of hydrogen-bond donors (Lipinski definition) is 12. The molecule has 13 heterocycles. The normalized spacial score (nSPS) is 23.5. The number of carbonyl (C=O) groups is 8. The Bertz CT molecular complexity index is 5760. The van der Waals surface area contributed by atoms with E-state index in [-0.39, 0.29) is 170 Å². The lowest BCUT2D eigenvalue weighted by Gasteiger charge is -2.32. The van der Waals surface area contributed by atoms with E-state index in [1.807, 2.05) is 91.2 Å². The SMILES string of the molecule is CC[C@@H](C)Nc1cc(C)c(-c2sc(C(=O)N[C@@H]3CCC[C@H]3O)nc2C(=O)N2C3CCC2CC3)cn1.CC[C@@H](C)Nc1cc(C)c(-c2sc(C(=O)N[C@@H]3CC[C@@H](O)C3)nc2C(=O)N2CCC[C@@H]2C)cn1.C[C@H]1CCCN1C(=O)c1nc(C(=O)NC2CC(O)C2)sc1-c1cnc(NC(C)(C)C)cc1C(F)F.C[C@H]1CCCN1C(=O)c1nc(C(=O)N[C@H]2CC[C@@H]2O)sc1-c1cnc(NC(C)(C)C)cc1C(F)F. The van der Waals surface area contributed by atoms with E-state index in [2.05, 4.69) is 117 Å². The summed E-state index contributed by atoms with van der Waals surface area (Å²) in [7, 11) is 0. The number of fused-ring (bicyclic) bond motifs is 2. The van der Waals surface area contributed by atoms with E-state index in [0.717, 1.165) is 153 Å². The summed E-state index contributed by atoms with van der Waals surface area (Å²) in [4.78, 5) is 151. The maximum absolute atomic E-state index is 14.2. The lowest BCUT2D eigenvalue weighted by Crippen LogP contribution is -2.50. The molecule has 4 saturated carbocycles. The minimum atomic E-state index is -2.83. The topological polar surface area (TPSA) is 430 Å². The van der Waals surface area contributed by atoms with Gasteiger partial charge in [0.15, 0.2) is 20.0 Å². The van der Waals surface area contributed by atoms with Crippen molar-refractivity contribution in [3.05, 3.63) is 114 Å². The van der Waals surface area contributed by atoms with Crippen LogP contribution < -0.4 is 42.5 Å². The van der Waals surface area contributed by atoms with Crippen LogP contribution >= 0.6 is 45.3 Å². The second-order valence-corrected chi connectivity index (χ2v) is 44.5. The van der Waals surface area contributed by atoms with Gasteiger partial charge in [0.05, 0.1) is 56.0 Å². The Morgan fingerprint density at radius 3 is 1.06 bits per heavy atom. The molecule has 9 fully saturated rings. The van der Waals surface area contributed by atoms with Crippen LogP contribution in [0.4, 0.5) is 40.8 Å². The summed E-state index contributed by atoms with van der Waals surface area (Å²) >= 11 is 4.28. The molecule has 0 spiro atoms. The second-order valence-electron chi connectivity index (χ2n) is 40.5. The maximum atomic E-state index is 14.2. The second kappa shape index (κ2) is 44.9. The Hall–Kier alpha value is -10.4. The number of alkyl halides is 4. The highest BCUT2D eigenvalue weighted by molar-refractivity contribution is 7.18. The Balaban J connectivity index is 0.000000148. The van der Waals surface area contributed by atoms with Crippen LogP contribution in [0.25, 0.3) is 41.8 Å². The number of aryl methyl sites for hydroxylation is 2. The van der Waals surface area contributed by atoms with E-state index in [1.165, 1.54) is 47.2 Å². The summed E-state index contributed by atoms with van der Waals surface area (Å²) in [5.41, 5.74) is 3.05. The summed E-state index contributed by atoms with van der Waals surface area (Å²) in [6.07, 6.45) is 16.5. The average molecular weight is 2000 g/mol. The number of aromatic nitrogens is 8. The van der Waals surface area contributed by atoms with Gasteiger partial charge in [-0.05, 0) is 267 Å². The fourth-order valence-corrected chi connectivity index (χ4v) is 23.1. The highest BCUT2D eigenvalue weighted by atomic mass is 32.1. The third-order valence-corrected chi connectivity index (χ3v) is 31.7. The van der Waals surface area contributed by atoms with Crippen LogP contribution in [0.5, 0.6) is 0 Å². The molecule has 12 N–H and O–H groups in total. The van der Waals surface area contributed by atoms with Gasteiger partial charge in [-0.25, -0.2) is 57.4 Å². The molecule has 8 aromatic heterocycles. The molecule has 5 saturated heterocycles. The molecule has 752 valence electrons.